The van der Waals surface area contributed by atoms with Crippen molar-refractivity contribution in [1.29, 1.82) is 0 Å². The van der Waals surface area contributed by atoms with Crippen LogP contribution in [-0.2, 0) is 15.8 Å². The van der Waals surface area contributed by atoms with Gasteiger partial charge in [0.05, 0.1) is 5.02 Å². The number of sulfonamides is 1. The van der Waals surface area contributed by atoms with Gasteiger partial charge in [0, 0.05) is 12.4 Å². The van der Waals surface area contributed by atoms with Crippen molar-refractivity contribution in [2.75, 3.05) is 0 Å². The molecule has 0 unspecified atom stereocenters. The Labute approximate surface area is 74.6 Å². The van der Waals surface area contributed by atoms with Gasteiger partial charge in [-0.25, -0.2) is 23.5 Å². The summed E-state index contributed by atoms with van der Waals surface area (Å²) in [6, 6.07) is 0. The lowest BCUT2D eigenvalue weighted by Gasteiger charge is -1.95. The summed E-state index contributed by atoms with van der Waals surface area (Å²) in [7, 11) is -3.56. The number of nitrogens with zero attached hydrogens (tertiary/aromatic N) is 2. The Morgan fingerprint density at radius 1 is 1.42 bits per heavy atom. The van der Waals surface area contributed by atoms with E-state index in [9.17, 15) is 8.42 Å². The molecule has 0 fully saturated rings. The fraction of sp³-hybridized carbons (Fsp3) is 0.200. The lowest BCUT2D eigenvalue weighted by atomic mass is 10.6. The normalized spacial score (nSPS) is 11.5. The minimum atomic E-state index is -3.56. The lowest BCUT2D eigenvalue weighted by Crippen LogP contribution is -2.16. The SMILES string of the molecule is NS(=O)(=O)Cc1ncc(Cl)cn1. The van der Waals surface area contributed by atoms with E-state index in [0.29, 0.717) is 5.02 Å². The molecule has 0 aliphatic heterocycles. The van der Waals surface area contributed by atoms with Gasteiger partial charge >= 0.3 is 0 Å². The summed E-state index contributed by atoms with van der Waals surface area (Å²) < 4.78 is 21.1. The Morgan fingerprint density at radius 3 is 2.33 bits per heavy atom. The molecule has 1 aromatic heterocycles. The quantitative estimate of drug-likeness (QED) is 0.735. The van der Waals surface area contributed by atoms with Crippen LogP contribution in [0.15, 0.2) is 12.4 Å². The van der Waals surface area contributed by atoms with E-state index in [2.05, 4.69) is 9.97 Å². The summed E-state index contributed by atoms with van der Waals surface area (Å²) in [5.41, 5.74) is 0. The van der Waals surface area contributed by atoms with Gasteiger partial charge in [-0.15, -0.1) is 0 Å². The maximum atomic E-state index is 10.6. The molecule has 0 saturated carbocycles. The minimum absolute atomic E-state index is 0.141. The summed E-state index contributed by atoms with van der Waals surface area (Å²) in [6.45, 7) is 0. The number of hydrogen-bond acceptors (Lipinski definition) is 4. The first kappa shape index (κ1) is 9.37. The molecule has 1 rings (SSSR count). The van der Waals surface area contributed by atoms with Crippen LogP contribution in [0, 0.1) is 0 Å². The highest BCUT2D eigenvalue weighted by Crippen LogP contribution is 2.03. The molecule has 66 valence electrons. The van der Waals surface area contributed by atoms with E-state index in [-0.39, 0.29) is 11.6 Å². The van der Waals surface area contributed by atoms with Gasteiger partial charge in [-0.2, -0.15) is 0 Å². The molecule has 2 N–H and O–H groups in total. The zero-order valence-corrected chi connectivity index (χ0v) is 7.51. The second-order valence-electron chi connectivity index (χ2n) is 2.12. The van der Waals surface area contributed by atoms with E-state index in [4.69, 9.17) is 16.7 Å². The molecule has 0 atom stereocenters. The van der Waals surface area contributed by atoms with Crippen LogP contribution in [0.1, 0.15) is 5.82 Å². The summed E-state index contributed by atoms with van der Waals surface area (Å²) in [6.07, 6.45) is 2.63. The largest absolute Gasteiger partial charge is 0.239 e. The van der Waals surface area contributed by atoms with E-state index in [1.165, 1.54) is 12.4 Å². The minimum Gasteiger partial charge on any atom is -0.239 e. The summed E-state index contributed by atoms with van der Waals surface area (Å²) in [5, 5.41) is 5.12. The molecule has 0 saturated heterocycles. The van der Waals surface area contributed by atoms with E-state index in [1.54, 1.807) is 0 Å². The smallest absolute Gasteiger partial charge is 0.216 e. The molecule has 7 heteroatoms. The molecule has 1 aromatic rings. The van der Waals surface area contributed by atoms with Crippen molar-refractivity contribution in [3.05, 3.63) is 23.2 Å². The Balaban J connectivity index is 2.85. The molecule has 0 bridgehead atoms. The number of primary sulfonamides is 1. The molecule has 0 spiro atoms. The molecule has 5 nitrogen and oxygen atoms in total. The first-order valence-corrected chi connectivity index (χ1v) is 5.03. The molecule has 1 heterocycles. The Bertz CT molecular complexity index is 361. The van der Waals surface area contributed by atoms with Gasteiger partial charge in [0.25, 0.3) is 0 Å². The van der Waals surface area contributed by atoms with Crippen LogP contribution in [0.4, 0.5) is 0 Å². The second kappa shape index (κ2) is 3.34. The number of hydrogen-bond donors (Lipinski definition) is 1. The average Bonchev–Trinajstić information content (AvgIpc) is 1.91. The Kier molecular flexibility index (Phi) is 2.61. The topological polar surface area (TPSA) is 85.9 Å². The molecule has 0 amide bonds. The zero-order valence-electron chi connectivity index (χ0n) is 5.94. The van der Waals surface area contributed by atoms with Crippen LogP contribution in [0.3, 0.4) is 0 Å². The predicted octanol–water partition coefficient (Wildman–Crippen LogP) is -0.0815. The van der Waals surface area contributed by atoms with E-state index >= 15 is 0 Å². The maximum Gasteiger partial charge on any atom is 0.216 e. The maximum absolute atomic E-state index is 10.6. The van der Waals surface area contributed by atoms with E-state index < -0.39 is 10.0 Å². The first-order valence-electron chi connectivity index (χ1n) is 2.94. The van der Waals surface area contributed by atoms with Gasteiger partial charge in [-0.3, -0.25) is 0 Å². The number of nitrogens with two attached hydrogens (primary N) is 1. The van der Waals surface area contributed by atoms with Gasteiger partial charge in [-0.05, 0) is 0 Å². The number of rotatable bonds is 2. The predicted molar refractivity (Wildman–Crippen MR) is 43.9 cm³/mol. The highest BCUT2D eigenvalue weighted by molar-refractivity contribution is 7.88. The van der Waals surface area contributed by atoms with Crippen molar-refractivity contribution in [3.63, 3.8) is 0 Å². The van der Waals surface area contributed by atoms with Gasteiger partial charge in [0.15, 0.2) is 0 Å². The van der Waals surface area contributed by atoms with Crippen molar-refractivity contribution >= 4 is 21.6 Å². The molecule has 0 radical (unpaired) electrons. The van der Waals surface area contributed by atoms with Gasteiger partial charge in [-0.1, -0.05) is 11.6 Å². The number of aromatic nitrogens is 2. The van der Waals surface area contributed by atoms with Crippen molar-refractivity contribution < 1.29 is 8.42 Å². The zero-order chi connectivity index (χ0) is 9.19. The van der Waals surface area contributed by atoms with Crippen molar-refractivity contribution in [2.45, 2.75) is 5.75 Å². The summed E-state index contributed by atoms with van der Waals surface area (Å²) in [4.78, 5) is 7.32. The Hall–Kier alpha value is -0.720. The molecular weight excluding hydrogens is 202 g/mol. The second-order valence-corrected chi connectivity index (χ2v) is 4.18. The van der Waals surface area contributed by atoms with Gasteiger partial charge in [0.2, 0.25) is 10.0 Å². The highest BCUT2D eigenvalue weighted by atomic mass is 35.5. The molecule has 0 aromatic carbocycles. The van der Waals surface area contributed by atoms with Gasteiger partial charge in [0.1, 0.15) is 11.6 Å². The fourth-order valence-corrected chi connectivity index (χ4v) is 1.20. The summed E-state index contributed by atoms with van der Waals surface area (Å²) >= 11 is 5.48. The molecule has 0 aliphatic rings. The first-order chi connectivity index (χ1) is 5.47. The third kappa shape index (κ3) is 3.12. The van der Waals surface area contributed by atoms with Crippen molar-refractivity contribution in [3.8, 4) is 0 Å². The monoisotopic (exact) mass is 207 g/mol. The molecule has 12 heavy (non-hydrogen) atoms. The molecular formula is C5H6ClN3O2S. The van der Waals surface area contributed by atoms with Crippen LogP contribution >= 0.6 is 11.6 Å². The van der Waals surface area contributed by atoms with Gasteiger partial charge < -0.3 is 0 Å². The fourth-order valence-electron chi connectivity index (χ4n) is 0.593. The van der Waals surface area contributed by atoms with Crippen molar-refractivity contribution in [2.24, 2.45) is 5.14 Å². The van der Waals surface area contributed by atoms with Crippen LogP contribution < -0.4 is 5.14 Å². The summed E-state index contributed by atoms with van der Waals surface area (Å²) in [5.74, 6) is -0.230. The van der Waals surface area contributed by atoms with Crippen LogP contribution in [-0.4, -0.2) is 18.4 Å². The third-order valence-electron chi connectivity index (χ3n) is 1.00. The average molecular weight is 208 g/mol. The van der Waals surface area contributed by atoms with E-state index in [0.717, 1.165) is 0 Å². The lowest BCUT2D eigenvalue weighted by molar-refractivity contribution is 0.595. The Morgan fingerprint density at radius 2 is 1.92 bits per heavy atom. The van der Waals surface area contributed by atoms with Crippen molar-refractivity contribution in [1.82, 2.24) is 9.97 Å². The third-order valence-corrected chi connectivity index (χ3v) is 1.86. The number of halogens is 1. The van der Waals surface area contributed by atoms with Crippen LogP contribution in [0.5, 0.6) is 0 Å². The molecule has 0 aliphatic carbocycles. The highest BCUT2D eigenvalue weighted by Gasteiger charge is 2.06. The van der Waals surface area contributed by atoms with Crippen LogP contribution in [0.2, 0.25) is 5.02 Å². The van der Waals surface area contributed by atoms with Crippen LogP contribution in [0.25, 0.3) is 0 Å². The standard InChI is InChI=1S/C5H6ClN3O2S/c6-4-1-8-5(9-2-4)3-12(7,10)11/h1-2H,3H2,(H2,7,10,11). The van der Waals surface area contributed by atoms with E-state index in [1.807, 2.05) is 0 Å².